The highest BCUT2D eigenvalue weighted by Crippen LogP contribution is 2.20. The van der Waals surface area contributed by atoms with Gasteiger partial charge in [0.1, 0.15) is 0 Å². The average molecular weight is 275 g/mol. The molecule has 1 aromatic carbocycles. The maximum atomic E-state index is 3.50. The van der Waals surface area contributed by atoms with Gasteiger partial charge in [0.25, 0.3) is 0 Å². The van der Waals surface area contributed by atoms with E-state index in [-0.39, 0.29) is 0 Å². The predicted octanol–water partition coefficient (Wildman–Crippen LogP) is 2.20. The molecule has 1 atom stereocenters. The van der Waals surface area contributed by atoms with E-state index in [0.717, 1.165) is 6.54 Å². The molecule has 0 bridgehead atoms. The van der Waals surface area contributed by atoms with Crippen molar-refractivity contribution in [1.82, 2.24) is 15.1 Å². The second-order valence-electron chi connectivity index (χ2n) is 6.16. The maximum Gasteiger partial charge on any atom is 0.0449 e. The van der Waals surface area contributed by atoms with Crippen LogP contribution in [0.1, 0.15) is 29.2 Å². The first-order valence-electron chi connectivity index (χ1n) is 7.75. The molecule has 1 aromatic rings. The Morgan fingerprint density at radius 1 is 1.15 bits per heavy atom. The zero-order chi connectivity index (χ0) is 14.5. The highest BCUT2D eigenvalue weighted by Gasteiger charge is 2.18. The zero-order valence-corrected chi connectivity index (χ0v) is 13.4. The van der Waals surface area contributed by atoms with Crippen molar-refractivity contribution in [2.24, 2.45) is 0 Å². The maximum absolute atomic E-state index is 3.50. The molecule has 112 valence electrons. The normalized spacial score (nSPS) is 19.8. The van der Waals surface area contributed by atoms with Gasteiger partial charge in [0.05, 0.1) is 0 Å². The van der Waals surface area contributed by atoms with Gasteiger partial charge in [-0.15, -0.1) is 0 Å². The minimum absolute atomic E-state index is 0.430. The summed E-state index contributed by atoms with van der Waals surface area (Å²) < 4.78 is 0. The fraction of sp³-hybridized carbons (Fsp3) is 0.647. The van der Waals surface area contributed by atoms with E-state index in [0.29, 0.717) is 6.04 Å². The standard InChI is InChI=1S/C17H29N3/c1-14-6-7-16(15(2)12-14)17(18-3)13-20-9-5-8-19(4)10-11-20/h6-7,12,17-18H,5,8-11,13H2,1-4H3. The van der Waals surface area contributed by atoms with Crippen LogP contribution in [0.4, 0.5) is 0 Å². The van der Waals surface area contributed by atoms with Gasteiger partial charge in [0.15, 0.2) is 0 Å². The summed E-state index contributed by atoms with van der Waals surface area (Å²) in [6.07, 6.45) is 1.28. The first kappa shape index (κ1) is 15.5. The third-order valence-electron chi connectivity index (χ3n) is 4.40. The summed E-state index contributed by atoms with van der Waals surface area (Å²) in [6, 6.07) is 7.23. The van der Waals surface area contributed by atoms with Crippen LogP contribution in [0.25, 0.3) is 0 Å². The Bertz CT molecular complexity index is 430. The smallest absolute Gasteiger partial charge is 0.0449 e. The molecule has 1 unspecified atom stereocenters. The van der Waals surface area contributed by atoms with Gasteiger partial charge in [-0.3, -0.25) is 0 Å². The number of hydrogen-bond acceptors (Lipinski definition) is 3. The number of likely N-dealkylation sites (N-methyl/N-ethyl adjacent to an activating group) is 2. The molecule has 2 rings (SSSR count). The lowest BCUT2D eigenvalue weighted by Gasteiger charge is -2.27. The van der Waals surface area contributed by atoms with Crippen LogP contribution in [0.2, 0.25) is 0 Å². The minimum Gasteiger partial charge on any atom is -0.312 e. The molecule has 3 nitrogen and oxygen atoms in total. The van der Waals surface area contributed by atoms with Crippen LogP contribution < -0.4 is 5.32 Å². The van der Waals surface area contributed by atoms with Crippen molar-refractivity contribution < 1.29 is 0 Å². The van der Waals surface area contributed by atoms with E-state index in [9.17, 15) is 0 Å². The van der Waals surface area contributed by atoms with Crippen LogP contribution in [-0.4, -0.2) is 56.6 Å². The number of hydrogen-bond donors (Lipinski definition) is 1. The fourth-order valence-electron chi connectivity index (χ4n) is 3.10. The van der Waals surface area contributed by atoms with E-state index in [2.05, 4.69) is 61.3 Å². The van der Waals surface area contributed by atoms with Crippen molar-refractivity contribution in [3.05, 3.63) is 34.9 Å². The topological polar surface area (TPSA) is 18.5 Å². The SMILES string of the molecule is CNC(CN1CCCN(C)CC1)c1ccc(C)cc1C. The number of nitrogens with one attached hydrogen (secondary N) is 1. The van der Waals surface area contributed by atoms with Crippen LogP contribution in [0.5, 0.6) is 0 Å². The Labute approximate surface area is 124 Å². The molecule has 0 amide bonds. The van der Waals surface area contributed by atoms with E-state index in [1.165, 1.54) is 49.3 Å². The fourth-order valence-corrected chi connectivity index (χ4v) is 3.10. The number of nitrogens with zero attached hydrogens (tertiary/aromatic N) is 2. The zero-order valence-electron chi connectivity index (χ0n) is 13.4. The van der Waals surface area contributed by atoms with E-state index in [1.807, 2.05) is 0 Å². The molecule has 0 aliphatic carbocycles. The number of benzene rings is 1. The van der Waals surface area contributed by atoms with Gasteiger partial charge in [-0.2, -0.15) is 0 Å². The van der Waals surface area contributed by atoms with Crippen LogP contribution in [0.3, 0.4) is 0 Å². The first-order chi connectivity index (χ1) is 9.60. The molecule has 1 aliphatic heterocycles. The molecule has 1 fully saturated rings. The van der Waals surface area contributed by atoms with Crippen molar-refractivity contribution in [3.8, 4) is 0 Å². The van der Waals surface area contributed by atoms with Crippen molar-refractivity contribution in [2.75, 3.05) is 46.8 Å². The quantitative estimate of drug-likeness (QED) is 0.909. The van der Waals surface area contributed by atoms with Gasteiger partial charge < -0.3 is 15.1 Å². The Kier molecular flexibility index (Phi) is 5.58. The highest BCUT2D eigenvalue weighted by molar-refractivity contribution is 5.33. The van der Waals surface area contributed by atoms with Gasteiger partial charge in [-0.1, -0.05) is 23.8 Å². The molecule has 3 heteroatoms. The molecule has 1 saturated heterocycles. The third-order valence-corrected chi connectivity index (χ3v) is 4.40. The lowest BCUT2D eigenvalue weighted by Crippen LogP contribution is -2.36. The number of rotatable bonds is 4. The molecule has 0 aromatic heterocycles. The van der Waals surface area contributed by atoms with Crippen LogP contribution in [-0.2, 0) is 0 Å². The molecular formula is C17H29N3. The van der Waals surface area contributed by atoms with Crippen LogP contribution in [0.15, 0.2) is 18.2 Å². The summed E-state index contributed by atoms with van der Waals surface area (Å²) in [4.78, 5) is 5.04. The predicted molar refractivity (Wildman–Crippen MR) is 86.3 cm³/mol. The van der Waals surface area contributed by atoms with Gasteiger partial charge >= 0.3 is 0 Å². The molecular weight excluding hydrogens is 246 g/mol. The largest absolute Gasteiger partial charge is 0.312 e. The van der Waals surface area contributed by atoms with Gasteiger partial charge in [-0.25, -0.2) is 0 Å². The lowest BCUT2D eigenvalue weighted by molar-refractivity contribution is 0.251. The average Bonchev–Trinajstić information content (AvgIpc) is 2.61. The second kappa shape index (κ2) is 7.21. The van der Waals surface area contributed by atoms with Crippen molar-refractivity contribution in [3.63, 3.8) is 0 Å². The Balaban J connectivity index is 2.04. The summed E-state index contributed by atoms with van der Waals surface area (Å²) in [6.45, 7) is 10.3. The first-order valence-corrected chi connectivity index (χ1v) is 7.75. The minimum atomic E-state index is 0.430. The summed E-state index contributed by atoms with van der Waals surface area (Å²) in [5.41, 5.74) is 4.18. The number of aryl methyl sites for hydroxylation is 2. The van der Waals surface area contributed by atoms with Gasteiger partial charge in [0.2, 0.25) is 0 Å². The highest BCUT2D eigenvalue weighted by atomic mass is 15.2. The molecule has 1 N–H and O–H groups in total. The molecule has 1 aliphatic rings. The molecule has 0 spiro atoms. The van der Waals surface area contributed by atoms with E-state index < -0.39 is 0 Å². The monoisotopic (exact) mass is 275 g/mol. The van der Waals surface area contributed by atoms with E-state index in [4.69, 9.17) is 0 Å². The van der Waals surface area contributed by atoms with Crippen molar-refractivity contribution in [2.45, 2.75) is 26.3 Å². The molecule has 20 heavy (non-hydrogen) atoms. The van der Waals surface area contributed by atoms with Crippen molar-refractivity contribution >= 4 is 0 Å². The van der Waals surface area contributed by atoms with Crippen LogP contribution in [0, 0.1) is 13.8 Å². The van der Waals surface area contributed by atoms with Crippen LogP contribution >= 0.6 is 0 Å². The van der Waals surface area contributed by atoms with E-state index >= 15 is 0 Å². The molecule has 0 saturated carbocycles. The summed E-state index contributed by atoms with van der Waals surface area (Å²) in [7, 11) is 4.30. The molecule has 1 heterocycles. The Morgan fingerprint density at radius 2 is 1.95 bits per heavy atom. The van der Waals surface area contributed by atoms with Gasteiger partial charge in [0, 0.05) is 25.7 Å². The summed E-state index contributed by atoms with van der Waals surface area (Å²) in [5.74, 6) is 0. The Hall–Kier alpha value is -0.900. The van der Waals surface area contributed by atoms with E-state index in [1.54, 1.807) is 0 Å². The molecule has 0 radical (unpaired) electrons. The third kappa shape index (κ3) is 4.05. The lowest BCUT2D eigenvalue weighted by atomic mass is 9.99. The van der Waals surface area contributed by atoms with Crippen molar-refractivity contribution in [1.29, 1.82) is 0 Å². The Morgan fingerprint density at radius 3 is 2.65 bits per heavy atom. The summed E-state index contributed by atoms with van der Waals surface area (Å²) in [5, 5.41) is 3.50. The summed E-state index contributed by atoms with van der Waals surface area (Å²) >= 11 is 0. The van der Waals surface area contributed by atoms with Gasteiger partial charge in [-0.05, 0) is 58.6 Å². The second-order valence-corrected chi connectivity index (χ2v) is 6.16.